The van der Waals surface area contributed by atoms with E-state index in [2.05, 4.69) is 4.40 Å². The minimum Gasteiger partial charge on any atom is -0.331 e. The molecule has 0 spiro atoms. The SMILES string of the molecule is O=S1(=O)CCN2C=CC=C(c3ccc(F)c(F)c3F)C2=N1. The largest absolute Gasteiger partial charge is 0.331 e. The number of hydrogen-bond acceptors (Lipinski definition) is 3. The van der Waals surface area contributed by atoms with Gasteiger partial charge in [0.05, 0.1) is 5.75 Å². The summed E-state index contributed by atoms with van der Waals surface area (Å²) in [6.45, 7) is 0.167. The second kappa shape index (κ2) is 4.73. The van der Waals surface area contributed by atoms with Gasteiger partial charge in [-0.15, -0.1) is 4.40 Å². The van der Waals surface area contributed by atoms with Gasteiger partial charge in [0.2, 0.25) is 0 Å². The molecule has 2 aliphatic rings. The highest BCUT2D eigenvalue weighted by molar-refractivity contribution is 7.90. The van der Waals surface area contributed by atoms with Gasteiger partial charge in [-0.2, -0.15) is 0 Å². The molecule has 3 rings (SSSR count). The third kappa shape index (κ3) is 2.35. The molecule has 0 radical (unpaired) electrons. The Hall–Kier alpha value is -2.09. The molecule has 21 heavy (non-hydrogen) atoms. The van der Waals surface area contributed by atoms with E-state index >= 15 is 0 Å². The van der Waals surface area contributed by atoms with Crippen LogP contribution in [0.1, 0.15) is 5.56 Å². The van der Waals surface area contributed by atoms with Crippen LogP contribution >= 0.6 is 0 Å². The highest BCUT2D eigenvalue weighted by atomic mass is 32.2. The van der Waals surface area contributed by atoms with E-state index in [0.717, 1.165) is 12.1 Å². The summed E-state index contributed by atoms with van der Waals surface area (Å²) in [4.78, 5) is 1.52. The number of nitrogens with zero attached hydrogens (tertiary/aromatic N) is 2. The molecule has 8 heteroatoms. The Kier molecular flexibility index (Phi) is 3.12. The molecule has 0 aliphatic carbocycles. The molecule has 4 nitrogen and oxygen atoms in total. The fourth-order valence-electron chi connectivity index (χ4n) is 2.16. The number of hydrogen-bond donors (Lipinski definition) is 0. The molecule has 0 saturated heterocycles. The summed E-state index contributed by atoms with van der Waals surface area (Å²) in [7, 11) is -3.64. The van der Waals surface area contributed by atoms with Gasteiger partial charge in [0, 0.05) is 23.9 Å². The molecule has 0 N–H and O–H groups in total. The number of benzene rings is 1. The molecule has 0 atom stereocenters. The zero-order valence-corrected chi connectivity index (χ0v) is 11.4. The van der Waals surface area contributed by atoms with E-state index in [0.29, 0.717) is 0 Å². The number of rotatable bonds is 1. The lowest BCUT2D eigenvalue weighted by Gasteiger charge is -2.29. The van der Waals surface area contributed by atoms with Crippen LogP contribution in [0, 0.1) is 17.5 Å². The average Bonchev–Trinajstić information content (AvgIpc) is 2.44. The van der Waals surface area contributed by atoms with Crippen LogP contribution in [0.2, 0.25) is 0 Å². The molecule has 1 aromatic rings. The Morgan fingerprint density at radius 2 is 1.90 bits per heavy atom. The Labute approximate surface area is 119 Å². The maximum absolute atomic E-state index is 13.9. The minimum atomic E-state index is -3.64. The Morgan fingerprint density at radius 3 is 2.67 bits per heavy atom. The van der Waals surface area contributed by atoms with Gasteiger partial charge in [0.15, 0.2) is 23.3 Å². The number of amidine groups is 1. The minimum absolute atomic E-state index is 0.00802. The monoisotopic (exact) mass is 314 g/mol. The van der Waals surface area contributed by atoms with E-state index in [4.69, 9.17) is 0 Å². The van der Waals surface area contributed by atoms with Gasteiger partial charge in [-0.05, 0) is 24.3 Å². The maximum atomic E-state index is 13.9. The molecular weight excluding hydrogens is 305 g/mol. The van der Waals surface area contributed by atoms with E-state index < -0.39 is 27.5 Å². The summed E-state index contributed by atoms with van der Waals surface area (Å²) in [5, 5.41) is 0. The summed E-state index contributed by atoms with van der Waals surface area (Å²) in [6, 6.07) is 1.84. The quantitative estimate of drug-likeness (QED) is 0.746. The topological polar surface area (TPSA) is 49.7 Å². The van der Waals surface area contributed by atoms with Crippen LogP contribution in [-0.4, -0.2) is 31.5 Å². The zero-order chi connectivity index (χ0) is 15.2. The van der Waals surface area contributed by atoms with Crippen molar-refractivity contribution in [2.75, 3.05) is 12.3 Å². The summed E-state index contributed by atoms with van der Waals surface area (Å²) >= 11 is 0. The highest BCUT2D eigenvalue weighted by Crippen LogP contribution is 2.28. The van der Waals surface area contributed by atoms with Gasteiger partial charge in [-0.1, -0.05) is 0 Å². The van der Waals surface area contributed by atoms with Crippen molar-refractivity contribution in [2.45, 2.75) is 0 Å². The van der Waals surface area contributed by atoms with Gasteiger partial charge in [-0.25, -0.2) is 21.6 Å². The standard InChI is InChI=1S/C13H9F3N2O2S/c14-10-4-3-8(11(15)12(10)16)9-2-1-5-18-6-7-21(19,20)17-13(9)18/h1-5H,6-7H2. The number of fused-ring (bicyclic) bond motifs is 1. The lowest BCUT2D eigenvalue weighted by atomic mass is 10.0. The van der Waals surface area contributed by atoms with Crippen molar-refractivity contribution in [3.8, 4) is 0 Å². The molecule has 0 saturated carbocycles. The molecule has 1 aromatic carbocycles. The van der Waals surface area contributed by atoms with Gasteiger partial charge in [0.1, 0.15) is 0 Å². The lowest BCUT2D eigenvalue weighted by molar-refractivity contribution is 0.445. The van der Waals surface area contributed by atoms with Gasteiger partial charge >= 0.3 is 0 Å². The van der Waals surface area contributed by atoms with E-state index in [-0.39, 0.29) is 29.3 Å². The third-order valence-electron chi connectivity index (χ3n) is 3.18. The van der Waals surface area contributed by atoms with E-state index in [1.54, 1.807) is 12.3 Å². The van der Waals surface area contributed by atoms with Crippen molar-refractivity contribution in [3.05, 3.63) is 53.5 Å². The fraction of sp³-hybridized carbons (Fsp3) is 0.154. The van der Waals surface area contributed by atoms with E-state index in [9.17, 15) is 21.6 Å². The van der Waals surface area contributed by atoms with Crippen LogP contribution in [0.4, 0.5) is 13.2 Å². The lowest BCUT2D eigenvalue weighted by Crippen LogP contribution is -2.37. The Balaban J connectivity index is 2.18. The summed E-state index contributed by atoms with van der Waals surface area (Å²) < 4.78 is 67.0. The van der Waals surface area contributed by atoms with Crippen molar-refractivity contribution in [3.63, 3.8) is 0 Å². The predicted octanol–water partition coefficient (Wildman–Crippen LogP) is 2.06. The van der Waals surface area contributed by atoms with Crippen molar-refractivity contribution in [1.82, 2.24) is 4.90 Å². The molecule has 0 bridgehead atoms. The molecule has 2 aliphatic heterocycles. The average molecular weight is 314 g/mol. The smallest absolute Gasteiger partial charge is 0.256 e. The molecule has 2 heterocycles. The first-order valence-electron chi connectivity index (χ1n) is 6.01. The number of sulfonamides is 1. The van der Waals surface area contributed by atoms with Crippen molar-refractivity contribution in [2.24, 2.45) is 4.40 Å². The first-order chi connectivity index (χ1) is 9.89. The van der Waals surface area contributed by atoms with E-state index in [1.165, 1.54) is 11.0 Å². The van der Waals surface area contributed by atoms with Gasteiger partial charge < -0.3 is 4.90 Å². The molecule has 0 aromatic heterocycles. The van der Waals surface area contributed by atoms with Crippen LogP contribution in [-0.2, 0) is 10.0 Å². The Morgan fingerprint density at radius 1 is 1.14 bits per heavy atom. The zero-order valence-electron chi connectivity index (χ0n) is 10.6. The highest BCUT2D eigenvalue weighted by Gasteiger charge is 2.29. The molecule has 0 fully saturated rings. The van der Waals surface area contributed by atoms with Crippen molar-refractivity contribution >= 4 is 21.4 Å². The van der Waals surface area contributed by atoms with Gasteiger partial charge in [0.25, 0.3) is 10.0 Å². The second-order valence-corrected chi connectivity index (χ2v) is 6.29. The molecule has 110 valence electrons. The van der Waals surface area contributed by atoms with Crippen LogP contribution in [0.3, 0.4) is 0 Å². The first-order valence-corrected chi connectivity index (χ1v) is 7.62. The molecule has 0 amide bonds. The number of allylic oxidation sites excluding steroid dienone is 2. The normalized spacial score (nSPS) is 19.9. The third-order valence-corrected chi connectivity index (χ3v) is 4.33. The number of halogens is 3. The summed E-state index contributed by atoms with van der Waals surface area (Å²) in [5.41, 5.74) is -0.142. The second-order valence-electron chi connectivity index (χ2n) is 4.54. The van der Waals surface area contributed by atoms with Gasteiger partial charge in [-0.3, -0.25) is 0 Å². The van der Waals surface area contributed by atoms with Crippen LogP contribution in [0.15, 0.2) is 34.9 Å². The Bertz CT molecular complexity index is 813. The molecular formula is C13H9F3N2O2S. The van der Waals surface area contributed by atoms with Crippen LogP contribution in [0.25, 0.3) is 5.57 Å². The maximum Gasteiger partial charge on any atom is 0.256 e. The van der Waals surface area contributed by atoms with Crippen molar-refractivity contribution in [1.29, 1.82) is 0 Å². The molecule has 0 unspecified atom stereocenters. The van der Waals surface area contributed by atoms with Crippen molar-refractivity contribution < 1.29 is 21.6 Å². The first kappa shape index (κ1) is 13.9. The predicted molar refractivity (Wildman–Crippen MR) is 71.4 cm³/mol. The summed E-state index contributed by atoms with van der Waals surface area (Å²) in [6.07, 6.45) is 4.56. The van der Waals surface area contributed by atoms with Crippen LogP contribution in [0.5, 0.6) is 0 Å². The summed E-state index contributed by atoms with van der Waals surface area (Å²) in [5.74, 6) is -4.43. The van der Waals surface area contributed by atoms with Crippen LogP contribution < -0.4 is 0 Å². The van der Waals surface area contributed by atoms with E-state index in [1.807, 2.05) is 0 Å². The fourth-order valence-corrected chi connectivity index (χ4v) is 3.15.